The standard InChI is InChI=1S/C13H23O4/c1-11(2)16-7-5-13(9-14,10-15)6-8-17-12(3)4/h9,11-12H,5-8H2,1-4H3. The van der Waals surface area contributed by atoms with Crippen molar-refractivity contribution < 1.29 is 19.1 Å². The first-order valence-electron chi connectivity index (χ1n) is 6.04. The fourth-order valence-corrected chi connectivity index (χ4v) is 1.32. The lowest BCUT2D eigenvalue weighted by Crippen LogP contribution is -2.29. The predicted molar refractivity (Wildman–Crippen MR) is 65.6 cm³/mol. The maximum absolute atomic E-state index is 11.0. The van der Waals surface area contributed by atoms with Gasteiger partial charge in [-0.25, -0.2) is 0 Å². The van der Waals surface area contributed by atoms with Crippen molar-refractivity contribution in [3.63, 3.8) is 0 Å². The van der Waals surface area contributed by atoms with Gasteiger partial charge in [0, 0.05) is 13.2 Å². The summed E-state index contributed by atoms with van der Waals surface area (Å²) in [4.78, 5) is 22.0. The van der Waals surface area contributed by atoms with Crippen LogP contribution in [0.25, 0.3) is 0 Å². The lowest BCUT2D eigenvalue weighted by Gasteiger charge is -2.21. The van der Waals surface area contributed by atoms with Gasteiger partial charge in [-0.15, -0.1) is 0 Å². The number of hydrogen-bond acceptors (Lipinski definition) is 4. The van der Waals surface area contributed by atoms with Gasteiger partial charge < -0.3 is 14.3 Å². The zero-order valence-corrected chi connectivity index (χ0v) is 11.2. The SMILES string of the molecule is CC(C)OCCC([C]=O)(C=O)CCOC(C)C. The van der Waals surface area contributed by atoms with Crippen molar-refractivity contribution in [2.75, 3.05) is 13.2 Å². The summed E-state index contributed by atoms with van der Waals surface area (Å²) in [7, 11) is 0. The van der Waals surface area contributed by atoms with Crippen LogP contribution >= 0.6 is 0 Å². The van der Waals surface area contributed by atoms with Gasteiger partial charge in [0.15, 0.2) is 0 Å². The van der Waals surface area contributed by atoms with Crippen molar-refractivity contribution in [3.05, 3.63) is 0 Å². The van der Waals surface area contributed by atoms with Gasteiger partial charge in [0.1, 0.15) is 6.29 Å². The highest BCUT2D eigenvalue weighted by Crippen LogP contribution is 2.22. The topological polar surface area (TPSA) is 52.6 Å². The van der Waals surface area contributed by atoms with E-state index in [-0.39, 0.29) is 12.2 Å². The molecule has 4 nitrogen and oxygen atoms in total. The van der Waals surface area contributed by atoms with E-state index in [2.05, 4.69) is 0 Å². The molecule has 0 spiro atoms. The van der Waals surface area contributed by atoms with Gasteiger partial charge in [-0.2, -0.15) is 0 Å². The molecule has 0 saturated heterocycles. The highest BCUT2D eigenvalue weighted by Gasteiger charge is 2.30. The van der Waals surface area contributed by atoms with E-state index < -0.39 is 5.41 Å². The maximum Gasteiger partial charge on any atom is 0.212 e. The molecule has 0 aliphatic carbocycles. The molecular weight excluding hydrogens is 220 g/mol. The number of hydrogen-bond donors (Lipinski definition) is 0. The van der Waals surface area contributed by atoms with E-state index >= 15 is 0 Å². The molecule has 0 aromatic heterocycles. The minimum Gasteiger partial charge on any atom is -0.379 e. The van der Waals surface area contributed by atoms with Gasteiger partial charge in [0.25, 0.3) is 0 Å². The number of ether oxygens (including phenoxy) is 2. The summed E-state index contributed by atoms with van der Waals surface area (Å²) in [5.74, 6) is 0. The third-order valence-corrected chi connectivity index (χ3v) is 2.43. The van der Waals surface area contributed by atoms with E-state index in [1.807, 2.05) is 34.0 Å². The van der Waals surface area contributed by atoms with Crippen molar-refractivity contribution in [1.82, 2.24) is 0 Å². The van der Waals surface area contributed by atoms with Crippen LogP contribution in [0.3, 0.4) is 0 Å². The van der Waals surface area contributed by atoms with Crippen LogP contribution in [0, 0.1) is 5.41 Å². The van der Waals surface area contributed by atoms with Crippen LogP contribution in [-0.4, -0.2) is 38.0 Å². The first-order valence-corrected chi connectivity index (χ1v) is 6.04. The van der Waals surface area contributed by atoms with Crippen LogP contribution in [0.1, 0.15) is 40.5 Å². The first-order chi connectivity index (χ1) is 7.95. The Morgan fingerprint density at radius 3 is 1.71 bits per heavy atom. The van der Waals surface area contributed by atoms with E-state index in [1.165, 1.54) is 0 Å². The first kappa shape index (κ1) is 16.3. The molecule has 0 aromatic carbocycles. The van der Waals surface area contributed by atoms with Gasteiger partial charge >= 0.3 is 0 Å². The Hall–Kier alpha value is -0.740. The van der Waals surface area contributed by atoms with Crippen LogP contribution in [0.15, 0.2) is 0 Å². The lowest BCUT2D eigenvalue weighted by atomic mass is 9.85. The Morgan fingerprint density at radius 1 is 1.06 bits per heavy atom. The number of carbonyl (C=O) groups is 1. The molecule has 0 aromatic rings. The number of aldehydes is 1. The smallest absolute Gasteiger partial charge is 0.212 e. The van der Waals surface area contributed by atoms with Crippen LogP contribution in [-0.2, 0) is 19.1 Å². The third kappa shape index (κ3) is 7.23. The van der Waals surface area contributed by atoms with E-state index in [9.17, 15) is 9.59 Å². The van der Waals surface area contributed by atoms with Crippen molar-refractivity contribution in [2.45, 2.75) is 52.7 Å². The second-order valence-corrected chi connectivity index (χ2v) is 4.72. The normalized spacial score (nSPS) is 12.1. The van der Waals surface area contributed by atoms with E-state index in [0.717, 1.165) is 0 Å². The molecule has 0 rings (SSSR count). The van der Waals surface area contributed by atoms with Crippen LogP contribution in [0.4, 0.5) is 0 Å². The number of carbonyl (C=O) groups excluding carboxylic acids is 2. The van der Waals surface area contributed by atoms with E-state index in [4.69, 9.17) is 9.47 Å². The molecule has 0 bridgehead atoms. The molecule has 0 atom stereocenters. The predicted octanol–water partition coefficient (Wildman–Crippen LogP) is 1.91. The molecule has 0 saturated carbocycles. The molecule has 0 N–H and O–H groups in total. The van der Waals surface area contributed by atoms with E-state index in [1.54, 1.807) is 0 Å². The Bertz CT molecular complexity index is 199. The molecule has 0 amide bonds. The molecule has 0 unspecified atom stereocenters. The third-order valence-electron chi connectivity index (χ3n) is 2.43. The Balaban J connectivity index is 4.15. The Kier molecular flexibility index (Phi) is 8.00. The average Bonchev–Trinajstić information content (AvgIpc) is 2.26. The minimum absolute atomic E-state index is 0.0953. The van der Waals surface area contributed by atoms with Gasteiger partial charge in [-0.1, -0.05) is 0 Å². The van der Waals surface area contributed by atoms with Crippen molar-refractivity contribution >= 4 is 12.6 Å². The molecule has 0 aliphatic heterocycles. The molecule has 0 fully saturated rings. The zero-order valence-electron chi connectivity index (χ0n) is 11.2. The van der Waals surface area contributed by atoms with Gasteiger partial charge in [0.2, 0.25) is 6.29 Å². The highest BCUT2D eigenvalue weighted by atomic mass is 16.5. The summed E-state index contributed by atoms with van der Waals surface area (Å²) in [6.45, 7) is 8.41. The lowest BCUT2D eigenvalue weighted by molar-refractivity contribution is -0.115. The summed E-state index contributed by atoms with van der Waals surface area (Å²) in [5, 5.41) is 0. The van der Waals surface area contributed by atoms with Crippen LogP contribution < -0.4 is 0 Å². The summed E-state index contributed by atoms with van der Waals surface area (Å²) in [5.41, 5.74) is -1.08. The van der Waals surface area contributed by atoms with Crippen LogP contribution in [0.5, 0.6) is 0 Å². The monoisotopic (exact) mass is 243 g/mol. The van der Waals surface area contributed by atoms with Crippen molar-refractivity contribution in [1.29, 1.82) is 0 Å². The molecule has 99 valence electrons. The van der Waals surface area contributed by atoms with Crippen LogP contribution in [0.2, 0.25) is 0 Å². The largest absolute Gasteiger partial charge is 0.379 e. The van der Waals surface area contributed by atoms with Crippen molar-refractivity contribution in [3.8, 4) is 0 Å². The molecule has 1 radical (unpaired) electrons. The highest BCUT2D eigenvalue weighted by molar-refractivity contribution is 5.83. The second-order valence-electron chi connectivity index (χ2n) is 4.72. The molecular formula is C13H23O4. The molecule has 4 heteroatoms. The van der Waals surface area contributed by atoms with Gasteiger partial charge in [0.05, 0.1) is 17.6 Å². The number of rotatable bonds is 10. The second kappa shape index (κ2) is 8.37. The van der Waals surface area contributed by atoms with E-state index in [0.29, 0.717) is 32.3 Å². The summed E-state index contributed by atoms with van der Waals surface area (Å²) < 4.78 is 10.7. The Morgan fingerprint density at radius 2 is 1.47 bits per heavy atom. The summed E-state index contributed by atoms with van der Waals surface area (Å²) >= 11 is 0. The fraction of sp³-hybridized carbons (Fsp3) is 0.846. The maximum atomic E-state index is 11.0. The fourth-order valence-electron chi connectivity index (χ4n) is 1.32. The zero-order chi connectivity index (χ0) is 13.3. The molecule has 0 heterocycles. The summed E-state index contributed by atoms with van der Waals surface area (Å²) in [6.07, 6.45) is 3.41. The van der Waals surface area contributed by atoms with Gasteiger partial charge in [-0.05, 0) is 40.5 Å². The summed E-state index contributed by atoms with van der Waals surface area (Å²) in [6, 6.07) is 0. The van der Waals surface area contributed by atoms with Gasteiger partial charge in [-0.3, -0.25) is 4.79 Å². The quantitative estimate of drug-likeness (QED) is 0.434. The Labute approximate surface area is 104 Å². The molecule has 17 heavy (non-hydrogen) atoms. The molecule has 0 aliphatic rings. The minimum atomic E-state index is -1.08. The average molecular weight is 243 g/mol. The van der Waals surface area contributed by atoms with Crippen molar-refractivity contribution in [2.24, 2.45) is 5.41 Å².